The number of aromatic nitrogens is 2. The second-order valence-electron chi connectivity index (χ2n) is 6.82. The average Bonchev–Trinajstić information content (AvgIpc) is 3.21. The zero-order valence-corrected chi connectivity index (χ0v) is 15.1. The SMILES string of the molecule is CN(c1ccccc1)c1nc(NC2CCCC2)cc(-c2ccccc2)n1. The molecule has 0 radical (unpaired) electrons. The molecule has 2 aromatic carbocycles. The highest BCUT2D eigenvalue weighted by Gasteiger charge is 2.17. The maximum Gasteiger partial charge on any atom is 0.232 e. The van der Waals surface area contributed by atoms with Gasteiger partial charge in [0, 0.05) is 30.4 Å². The molecule has 0 unspecified atom stereocenters. The summed E-state index contributed by atoms with van der Waals surface area (Å²) in [5, 5.41) is 3.62. The van der Waals surface area contributed by atoms with Crippen molar-refractivity contribution in [3.8, 4) is 11.3 Å². The molecule has 1 saturated carbocycles. The summed E-state index contributed by atoms with van der Waals surface area (Å²) in [5.41, 5.74) is 3.12. The maximum atomic E-state index is 4.83. The Labute approximate surface area is 154 Å². The molecule has 0 spiro atoms. The lowest BCUT2D eigenvalue weighted by atomic mass is 10.1. The molecule has 1 aromatic heterocycles. The van der Waals surface area contributed by atoms with Gasteiger partial charge in [0.25, 0.3) is 0 Å². The third-order valence-electron chi connectivity index (χ3n) is 4.93. The summed E-state index contributed by atoms with van der Waals surface area (Å²) in [7, 11) is 2.01. The van der Waals surface area contributed by atoms with E-state index in [9.17, 15) is 0 Å². The first kappa shape index (κ1) is 16.6. The molecule has 1 heterocycles. The second kappa shape index (κ2) is 7.56. The molecule has 0 atom stereocenters. The van der Waals surface area contributed by atoms with Crippen LogP contribution in [0.4, 0.5) is 17.5 Å². The van der Waals surface area contributed by atoms with Crippen LogP contribution in [0.1, 0.15) is 25.7 Å². The zero-order chi connectivity index (χ0) is 17.8. The summed E-state index contributed by atoms with van der Waals surface area (Å²) >= 11 is 0. The van der Waals surface area contributed by atoms with Crippen LogP contribution >= 0.6 is 0 Å². The van der Waals surface area contributed by atoms with E-state index in [4.69, 9.17) is 9.97 Å². The van der Waals surface area contributed by atoms with E-state index in [2.05, 4.69) is 35.6 Å². The molecule has 1 N–H and O–H groups in total. The van der Waals surface area contributed by atoms with E-state index in [1.54, 1.807) is 0 Å². The smallest absolute Gasteiger partial charge is 0.232 e. The number of nitrogens with one attached hydrogen (secondary N) is 1. The minimum atomic E-state index is 0.517. The van der Waals surface area contributed by atoms with Gasteiger partial charge in [-0.25, -0.2) is 4.98 Å². The zero-order valence-electron chi connectivity index (χ0n) is 15.1. The van der Waals surface area contributed by atoms with Crippen LogP contribution in [-0.4, -0.2) is 23.1 Å². The Bertz CT molecular complexity index is 843. The van der Waals surface area contributed by atoms with E-state index < -0.39 is 0 Å². The van der Waals surface area contributed by atoms with Crippen LogP contribution < -0.4 is 10.2 Å². The molecular formula is C22H24N4. The molecule has 0 bridgehead atoms. The molecular weight excluding hydrogens is 320 g/mol. The Morgan fingerprint density at radius 3 is 2.23 bits per heavy atom. The molecule has 0 aliphatic heterocycles. The van der Waals surface area contributed by atoms with Crippen molar-refractivity contribution in [1.29, 1.82) is 0 Å². The fourth-order valence-corrected chi connectivity index (χ4v) is 3.46. The minimum absolute atomic E-state index is 0.517. The van der Waals surface area contributed by atoms with Crippen molar-refractivity contribution in [3.05, 3.63) is 66.7 Å². The summed E-state index contributed by atoms with van der Waals surface area (Å²) in [6.45, 7) is 0. The summed E-state index contributed by atoms with van der Waals surface area (Å²) in [6.07, 6.45) is 5.03. The number of hydrogen-bond donors (Lipinski definition) is 1. The normalized spacial score (nSPS) is 14.3. The first-order valence-corrected chi connectivity index (χ1v) is 9.29. The Hall–Kier alpha value is -2.88. The number of nitrogens with zero attached hydrogens (tertiary/aromatic N) is 3. The lowest BCUT2D eigenvalue weighted by Crippen LogP contribution is -2.18. The van der Waals surface area contributed by atoms with Crippen LogP contribution in [0, 0.1) is 0 Å². The molecule has 4 heteroatoms. The molecule has 0 amide bonds. The fraction of sp³-hybridized carbons (Fsp3) is 0.273. The molecule has 0 saturated heterocycles. The number of benzene rings is 2. The van der Waals surface area contributed by atoms with Crippen LogP contribution in [0.15, 0.2) is 66.7 Å². The average molecular weight is 344 g/mol. The maximum absolute atomic E-state index is 4.83. The first-order valence-electron chi connectivity index (χ1n) is 9.29. The van der Waals surface area contributed by atoms with Crippen molar-refractivity contribution in [2.24, 2.45) is 0 Å². The van der Waals surface area contributed by atoms with Gasteiger partial charge in [0.1, 0.15) is 5.82 Å². The second-order valence-corrected chi connectivity index (χ2v) is 6.82. The van der Waals surface area contributed by atoms with Crippen LogP contribution in [0.3, 0.4) is 0 Å². The number of rotatable bonds is 5. The molecule has 132 valence electrons. The Balaban J connectivity index is 1.72. The number of para-hydroxylation sites is 1. The Kier molecular flexibility index (Phi) is 4.82. The minimum Gasteiger partial charge on any atom is -0.367 e. The number of anilines is 3. The standard InChI is InChI=1S/C22H24N4/c1-26(19-14-6-3-7-15-19)22-24-20(17-10-4-2-5-11-17)16-21(25-22)23-18-12-8-9-13-18/h2-7,10-11,14-16,18H,8-9,12-13H2,1H3,(H,23,24,25). The van der Waals surface area contributed by atoms with Gasteiger partial charge < -0.3 is 10.2 Å². The third-order valence-corrected chi connectivity index (χ3v) is 4.93. The van der Waals surface area contributed by atoms with E-state index >= 15 is 0 Å². The summed E-state index contributed by atoms with van der Waals surface area (Å²) < 4.78 is 0. The van der Waals surface area contributed by atoms with Crippen molar-refractivity contribution in [2.75, 3.05) is 17.3 Å². The van der Waals surface area contributed by atoms with Gasteiger partial charge in [-0.3, -0.25) is 0 Å². The molecule has 1 aliphatic carbocycles. The molecule has 4 nitrogen and oxygen atoms in total. The quantitative estimate of drug-likeness (QED) is 0.685. The molecule has 1 fully saturated rings. The topological polar surface area (TPSA) is 41.1 Å². The van der Waals surface area contributed by atoms with Crippen molar-refractivity contribution < 1.29 is 0 Å². The first-order chi connectivity index (χ1) is 12.8. The van der Waals surface area contributed by atoms with Crippen molar-refractivity contribution >= 4 is 17.5 Å². The summed E-state index contributed by atoms with van der Waals surface area (Å²) in [4.78, 5) is 11.7. The van der Waals surface area contributed by atoms with Gasteiger partial charge in [-0.05, 0) is 25.0 Å². The van der Waals surface area contributed by atoms with Gasteiger partial charge >= 0.3 is 0 Å². The van der Waals surface area contributed by atoms with Gasteiger partial charge in [0.15, 0.2) is 0 Å². The van der Waals surface area contributed by atoms with Gasteiger partial charge in [-0.15, -0.1) is 0 Å². The van der Waals surface area contributed by atoms with Crippen LogP contribution in [0.5, 0.6) is 0 Å². The van der Waals surface area contributed by atoms with Crippen LogP contribution in [0.25, 0.3) is 11.3 Å². The molecule has 4 rings (SSSR count). The van der Waals surface area contributed by atoms with Crippen LogP contribution in [0.2, 0.25) is 0 Å². The Morgan fingerprint density at radius 1 is 0.885 bits per heavy atom. The van der Waals surface area contributed by atoms with Gasteiger partial charge in [0.05, 0.1) is 5.69 Å². The van der Waals surface area contributed by atoms with Gasteiger partial charge in [0.2, 0.25) is 5.95 Å². The lowest BCUT2D eigenvalue weighted by Gasteiger charge is -2.20. The predicted molar refractivity (Wildman–Crippen MR) is 108 cm³/mol. The van der Waals surface area contributed by atoms with E-state index in [0.29, 0.717) is 12.0 Å². The van der Waals surface area contributed by atoms with Gasteiger partial charge in [-0.1, -0.05) is 61.4 Å². The summed E-state index contributed by atoms with van der Waals surface area (Å²) in [5.74, 6) is 1.61. The van der Waals surface area contributed by atoms with Crippen LogP contribution in [-0.2, 0) is 0 Å². The molecule has 3 aromatic rings. The van der Waals surface area contributed by atoms with E-state index in [1.807, 2.05) is 48.3 Å². The predicted octanol–water partition coefficient (Wildman–Crippen LogP) is 5.27. The van der Waals surface area contributed by atoms with Crippen molar-refractivity contribution in [1.82, 2.24) is 9.97 Å². The van der Waals surface area contributed by atoms with Gasteiger partial charge in [-0.2, -0.15) is 4.98 Å². The largest absolute Gasteiger partial charge is 0.367 e. The third kappa shape index (κ3) is 3.69. The van der Waals surface area contributed by atoms with Crippen molar-refractivity contribution in [3.63, 3.8) is 0 Å². The van der Waals surface area contributed by atoms with E-state index in [1.165, 1.54) is 25.7 Å². The highest BCUT2D eigenvalue weighted by atomic mass is 15.3. The highest BCUT2D eigenvalue weighted by Crippen LogP contribution is 2.28. The monoisotopic (exact) mass is 344 g/mol. The Morgan fingerprint density at radius 2 is 1.54 bits per heavy atom. The molecule has 26 heavy (non-hydrogen) atoms. The summed E-state index contributed by atoms with van der Waals surface area (Å²) in [6, 6.07) is 23.1. The molecule has 1 aliphatic rings. The fourth-order valence-electron chi connectivity index (χ4n) is 3.46. The van der Waals surface area contributed by atoms with E-state index in [0.717, 1.165) is 22.8 Å². The highest BCUT2D eigenvalue weighted by molar-refractivity contribution is 5.67. The van der Waals surface area contributed by atoms with E-state index in [-0.39, 0.29) is 0 Å². The van der Waals surface area contributed by atoms with Crippen molar-refractivity contribution in [2.45, 2.75) is 31.7 Å². The number of hydrogen-bond acceptors (Lipinski definition) is 4. The lowest BCUT2D eigenvalue weighted by molar-refractivity contribution is 0.749.